The van der Waals surface area contributed by atoms with E-state index in [0.29, 0.717) is 0 Å². The van der Waals surface area contributed by atoms with E-state index in [4.69, 9.17) is 0 Å². The van der Waals surface area contributed by atoms with Crippen LogP contribution in [-0.4, -0.2) is 71.9 Å². The van der Waals surface area contributed by atoms with Gasteiger partial charge in [-0.3, -0.25) is 0 Å². The van der Waals surface area contributed by atoms with Gasteiger partial charge in [0.05, 0.1) is 16.4 Å². The largest absolute Gasteiger partial charge is 0.310 e. The Morgan fingerprint density at radius 2 is 0.695 bits per heavy atom. The monoisotopic (exact) mass is 746 g/mol. The summed E-state index contributed by atoms with van der Waals surface area (Å²) in [5.41, 5.74) is 22.9. The number of rotatable bonds is 6. The third-order valence-electron chi connectivity index (χ3n) is 14.1. The van der Waals surface area contributed by atoms with Crippen molar-refractivity contribution in [2.45, 2.75) is 5.41 Å². The Kier molecular flexibility index (Phi) is 8.83. The van der Waals surface area contributed by atoms with Crippen LogP contribution in [0.25, 0.3) is 55.0 Å². The van der Waals surface area contributed by atoms with Crippen LogP contribution in [0.3, 0.4) is 0 Å². The Morgan fingerprint density at radius 3 is 1.19 bits per heavy atom. The molecule has 10 aromatic rings. The summed E-state index contributed by atoms with van der Waals surface area (Å²) in [6, 6.07) is 58.3. The molecule has 272 valence electrons. The summed E-state index contributed by atoms with van der Waals surface area (Å²) in [5, 5.41) is 5.29. The van der Waals surface area contributed by atoms with E-state index in [-0.39, 0.29) is 0 Å². The van der Waals surface area contributed by atoms with Gasteiger partial charge >= 0.3 is 0 Å². The van der Waals surface area contributed by atoms with Crippen LogP contribution in [0.5, 0.6) is 0 Å². The van der Waals surface area contributed by atoms with Crippen LogP contribution < -0.4 is 43.7 Å². The second-order valence-corrected chi connectivity index (χ2v) is 16.7. The molecule has 8 aromatic carbocycles. The molecule has 0 saturated carbocycles. The highest BCUT2D eigenvalue weighted by atomic mass is 15.0. The van der Waals surface area contributed by atoms with E-state index in [1.165, 1.54) is 115 Å². The van der Waals surface area contributed by atoms with Gasteiger partial charge in [-0.1, -0.05) is 154 Å². The lowest BCUT2D eigenvalue weighted by Gasteiger charge is -2.37. The van der Waals surface area contributed by atoms with Crippen LogP contribution in [0, 0.1) is 0 Å². The zero-order chi connectivity index (χ0) is 40.7. The number of fused-ring (bicyclic) bond motifs is 6. The summed E-state index contributed by atoms with van der Waals surface area (Å²) in [6.45, 7) is 0. The van der Waals surface area contributed by atoms with Gasteiger partial charge in [0.1, 0.15) is 62.8 Å². The first-order chi connectivity index (χ1) is 28.6. The third-order valence-corrected chi connectivity index (χ3v) is 14.1. The van der Waals surface area contributed by atoms with E-state index in [2.05, 4.69) is 230 Å². The molecule has 10 rings (SSSR count). The van der Waals surface area contributed by atoms with Crippen molar-refractivity contribution in [3.63, 3.8) is 0 Å². The molecule has 0 bridgehead atoms. The molecular formula is C49H42B8N2. The Labute approximate surface area is 354 Å². The van der Waals surface area contributed by atoms with Crippen molar-refractivity contribution in [1.29, 1.82) is 0 Å². The van der Waals surface area contributed by atoms with Gasteiger partial charge < -0.3 is 9.13 Å². The highest BCUT2D eigenvalue weighted by molar-refractivity contribution is 6.71. The molecule has 0 spiro atoms. The second kappa shape index (κ2) is 14.0. The Morgan fingerprint density at radius 1 is 0.305 bits per heavy atom. The lowest BCUT2D eigenvalue weighted by molar-refractivity contribution is 0.745. The van der Waals surface area contributed by atoms with Gasteiger partial charge in [-0.25, -0.2) is 0 Å². The second-order valence-electron chi connectivity index (χ2n) is 16.7. The SMILES string of the molecule is Bc1c(B)c(B)c2c(c1B)c1c(B)c(B)c(B)c(B)c1n2-c1ccc2c(c1)c1ccccc1n2-c1ccc(C(c2ccccc2)(c2ccccc2)c2ccccc2)cc1. The average molecular weight is 745 g/mol. The number of benzene rings is 8. The lowest BCUT2D eigenvalue weighted by atomic mass is 9.63. The van der Waals surface area contributed by atoms with Gasteiger partial charge in [-0.2, -0.15) is 0 Å². The predicted molar refractivity (Wildman–Crippen MR) is 279 cm³/mol. The molecule has 59 heavy (non-hydrogen) atoms. The van der Waals surface area contributed by atoms with Crippen molar-refractivity contribution in [1.82, 2.24) is 9.13 Å². The molecule has 0 radical (unpaired) electrons. The van der Waals surface area contributed by atoms with Gasteiger partial charge in [-0.15, -0.1) is 10.9 Å². The van der Waals surface area contributed by atoms with Crippen LogP contribution in [0.2, 0.25) is 0 Å². The van der Waals surface area contributed by atoms with Gasteiger partial charge in [0, 0.05) is 33.2 Å². The minimum atomic E-state index is -0.499. The zero-order valence-electron chi connectivity index (χ0n) is 35.4. The van der Waals surface area contributed by atoms with Gasteiger partial charge in [-0.05, 0) is 69.4 Å². The van der Waals surface area contributed by atoms with Gasteiger partial charge in [0.25, 0.3) is 0 Å². The maximum Gasteiger partial charge on any atom is 0.141 e. The normalized spacial score (nSPS) is 11.9. The molecule has 2 nitrogen and oxygen atoms in total. The van der Waals surface area contributed by atoms with E-state index < -0.39 is 5.41 Å². The molecule has 0 N–H and O–H groups in total. The molecule has 2 heterocycles. The Hall–Kier alpha value is -6.12. The number of hydrogen-bond acceptors (Lipinski definition) is 0. The fraction of sp³-hybridized carbons (Fsp3) is 0.0204. The van der Waals surface area contributed by atoms with Gasteiger partial charge in [0.15, 0.2) is 0 Å². The van der Waals surface area contributed by atoms with Gasteiger partial charge in [0.2, 0.25) is 0 Å². The van der Waals surface area contributed by atoms with Crippen LogP contribution in [0.1, 0.15) is 22.3 Å². The molecule has 0 unspecified atom stereocenters. The van der Waals surface area contributed by atoms with Crippen molar-refractivity contribution in [2.75, 3.05) is 0 Å². The fourth-order valence-corrected chi connectivity index (χ4v) is 10.4. The van der Waals surface area contributed by atoms with Crippen molar-refractivity contribution < 1.29 is 0 Å². The van der Waals surface area contributed by atoms with E-state index in [1.807, 2.05) is 0 Å². The molecule has 0 aliphatic rings. The van der Waals surface area contributed by atoms with E-state index in [0.717, 1.165) is 5.69 Å². The maximum absolute atomic E-state index is 2.59. The molecule has 10 heteroatoms. The topological polar surface area (TPSA) is 9.86 Å². The van der Waals surface area contributed by atoms with Crippen LogP contribution in [0.15, 0.2) is 158 Å². The fourth-order valence-electron chi connectivity index (χ4n) is 10.4. The molecule has 0 atom stereocenters. The van der Waals surface area contributed by atoms with Crippen LogP contribution in [-0.2, 0) is 5.41 Å². The summed E-state index contributed by atoms with van der Waals surface area (Å²) in [6.07, 6.45) is 0. The summed E-state index contributed by atoms with van der Waals surface area (Å²) in [4.78, 5) is 0. The molecule has 2 aromatic heterocycles. The molecule has 0 amide bonds. The molecular weight excluding hydrogens is 703 g/mol. The molecule has 0 fully saturated rings. The predicted octanol–water partition coefficient (Wildman–Crippen LogP) is -1.67. The highest BCUT2D eigenvalue weighted by Gasteiger charge is 2.38. The van der Waals surface area contributed by atoms with Crippen LogP contribution in [0.4, 0.5) is 0 Å². The third kappa shape index (κ3) is 5.31. The average Bonchev–Trinajstić information content (AvgIpc) is 3.82. The standard InChI is InChI=1S/C49H42B8N2/c50-39-37-38-40(51)42(53)44(55)46(57)48(38)59(47(37)45(56)43(54)41(39)52)32-24-25-36-34(26-32)33-18-10-11-19-35(33)58(36)31-22-20-30(21-23-31)49(27-12-4-1-5-13-27,28-14-6-2-7-15-28)29-16-8-3-9-17-29/h1-26H,50-57H2. The summed E-state index contributed by atoms with van der Waals surface area (Å²) < 4.78 is 5.04. The Balaban J connectivity index is 1.21. The maximum atomic E-state index is 2.59. The number of aromatic nitrogens is 2. The zero-order valence-corrected chi connectivity index (χ0v) is 35.4. The summed E-state index contributed by atoms with van der Waals surface area (Å²) in [7, 11) is 18.5. The van der Waals surface area contributed by atoms with Crippen LogP contribution >= 0.6 is 0 Å². The smallest absolute Gasteiger partial charge is 0.141 e. The molecule has 0 aliphatic heterocycles. The lowest BCUT2D eigenvalue weighted by Crippen LogP contribution is -2.49. The quantitative estimate of drug-likeness (QED) is 0.143. The molecule has 0 aliphatic carbocycles. The van der Waals surface area contributed by atoms with E-state index in [1.54, 1.807) is 0 Å². The van der Waals surface area contributed by atoms with E-state index >= 15 is 0 Å². The van der Waals surface area contributed by atoms with Crippen molar-refractivity contribution in [2.24, 2.45) is 0 Å². The summed E-state index contributed by atoms with van der Waals surface area (Å²) in [5.74, 6) is 0. The number of para-hydroxylation sites is 1. The first-order valence-corrected chi connectivity index (χ1v) is 21.0. The minimum Gasteiger partial charge on any atom is -0.310 e. The minimum absolute atomic E-state index is 0.499. The van der Waals surface area contributed by atoms with Crippen molar-refractivity contribution >= 4 is 150 Å². The highest BCUT2D eigenvalue weighted by Crippen LogP contribution is 2.45. The first kappa shape index (κ1) is 37.2. The van der Waals surface area contributed by atoms with E-state index in [9.17, 15) is 0 Å². The van der Waals surface area contributed by atoms with Crippen molar-refractivity contribution in [3.05, 3.63) is 180 Å². The number of nitrogens with zero attached hydrogens (tertiary/aromatic N) is 2. The summed E-state index contributed by atoms with van der Waals surface area (Å²) >= 11 is 0. The van der Waals surface area contributed by atoms with Crippen molar-refractivity contribution in [3.8, 4) is 11.4 Å². The first-order valence-electron chi connectivity index (χ1n) is 21.0. The number of hydrogen-bond donors (Lipinski definition) is 0. The Bertz CT molecular complexity index is 3110. The molecule has 0 saturated heterocycles.